The van der Waals surface area contributed by atoms with E-state index >= 15 is 0 Å². The average Bonchev–Trinajstić information content (AvgIpc) is 2.53. The molecule has 0 fully saturated rings. The van der Waals surface area contributed by atoms with Crippen molar-refractivity contribution in [3.63, 3.8) is 0 Å². The van der Waals surface area contributed by atoms with Gasteiger partial charge < -0.3 is 0 Å². The van der Waals surface area contributed by atoms with Gasteiger partial charge in [-0.25, -0.2) is 0 Å². The molecule has 2 aromatic rings. The van der Waals surface area contributed by atoms with Gasteiger partial charge >= 0.3 is 0 Å². The van der Waals surface area contributed by atoms with Crippen molar-refractivity contribution in [1.82, 2.24) is 0 Å². The van der Waals surface area contributed by atoms with Gasteiger partial charge in [-0.2, -0.15) is 0 Å². The molecule has 0 bridgehead atoms. The molecule has 0 radical (unpaired) electrons. The number of thioether (sulfide) groups is 2. The molecule has 0 aliphatic carbocycles. The third kappa shape index (κ3) is 5.70. The predicted molar refractivity (Wildman–Crippen MR) is 96.6 cm³/mol. The van der Waals surface area contributed by atoms with E-state index in [1.807, 2.05) is 24.3 Å². The van der Waals surface area contributed by atoms with E-state index in [0.717, 1.165) is 4.91 Å². The van der Waals surface area contributed by atoms with Crippen LogP contribution in [0.3, 0.4) is 0 Å². The lowest BCUT2D eigenvalue weighted by atomic mass is 10.4. The zero-order valence-electron chi connectivity index (χ0n) is 12.0. The topological polar surface area (TPSA) is 0 Å². The number of hydrogen-bond acceptors (Lipinski definition) is 2. The van der Waals surface area contributed by atoms with Gasteiger partial charge in [0.05, 0.1) is 0 Å². The van der Waals surface area contributed by atoms with Gasteiger partial charge in [-0.05, 0) is 43.3 Å². The van der Waals surface area contributed by atoms with Gasteiger partial charge in [0.25, 0.3) is 0 Å². The molecular weight excluding hydrogens is 292 g/mol. The summed E-state index contributed by atoms with van der Waals surface area (Å²) in [7, 11) is 0. The Balaban J connectivity index is 1.94. The quantitative estimate of drug-likeness (QED) is 0.438. The van der Waals surface area contributed by atoms with Crippen LogP contribution in [0.25, 0.3) is 0 Å². The van der Waals surface area contributed by atoms with Crippen LogP contribution in [0.1, 0.15) is 6.92 Å². The summed E-state index contributed by atoms with van der Waals surface area (Å²) in [5.41, 5.74) is 0. The molecule has 0 heterocycles. The van der Waals surface area contributed by atoms with E-state index in [0.29, 0.717) is 0 Å². The average molecular weight is 310 g/mol. The summed E-state index contributed by atoms with van der Waals surface area (Å²) in [6, 6.07) is 20.7. The van der Waals surface area contributed by atoms with Gasteiger partial charge in [-0.15, -0.1) is 0 Å². The summed E-state index contributed by atoms with van der Waals surface area (Å²) >= 11 is 3.45. The minimum absolute atomic E-state index is 1.04. The SMILES string of the molecule is C=C(/C=C\C(=C/C)Sc1ccccc1)Sc1ccccc1. The smallest absolute Gasteiger partial charge is 0.0122 e. The van der Waals surface area contributed by atoms with Crippen molar-refractivity contribution in [1.29, 1.82) is 0 Å². The summed E-state index contributed by atoms with van der Waals surface area (Å²) in [5.74, 6) is 0. The van der Waals surface area contributed by atoms with Gasteiger partial charge in [0.15, 0.2) is 0 Å². The summed E-state index contributed by atoms with van der Waals surface area (Å²) in [4.78, 5) is 4.71. The molecule has 2 rings (SSSR count). The van der Waals surface area contributed by atoms with Gasteiger partial charge in [0.1, 0.15) is 0 Å². The molecule has 2 aromatic carbocycles. The molecule has 0 amide bonds. The van der Waals surface area contributed by atoms with Gasteiger partial charge in [0, 0.05) is 19.6 Å². The summed E-state index contributed by atoms with van der Waals surface area (Å²) in [6.07, 6.45) is 6.31. The fourth-order valence-electron chi connectivity index (χ4n) is 1.66. The highest BCUT2D eigenvalue weighted by Crippen LogP contribution is 2.30. The van der Waals surface area contributed by atoms with E-state index in [-0.39, 0.29) is 0 Å². The van der Waals surface area contributed by atoms with Crippen LogP contribution in [-0.4, -0.2) is 0 Å². The van der Waals surface area contributed by atoms with Gasteiger partial charge in [0.2, 0.25) is 0 Å². The lowest BCUT2D eigenvalue weighted by Crippen LogP contribution is -1.75. The Kier molecular flexibility index (Phi) is 6.45. The van der Waals surface area contributed by atoms with E-state index in [1.165, 1.54) is 14.7 Å². The minimum Gasteiger partial charge on any atom is -0.0907 e. The second kappa shape index (κ2) is 8.60. The molecule has 0 spiro atoms. The summed E-state index contributed by atoms with van der Waals surface area (Å²) in [5, 5.41) is 0. The van der Waals surface area contributed by atoms with Crippen LogP contribution in [0.4, 0.5) is 0 Å². The Labute approximate surface area is 135 Å². The first-order valence-electron chi connectivity index (χ1n) is 6.77. The maximum absolute atomic E-state index is 4.10. The Morgan fingerprint density at radius 2 is 1.33 bits per heavy atom. The van der Waals surface area contributed by atoms with Crippen molar-refractivity contribution in [2.24, 2.45) is 0 Å². The zero-order chi connectivity index (χ0) is 14.9. The number of rotatable bonds is 6. The third-order valence-electron chi connectivity index (χ3n) is 2.69. The lowest BCUT2D eigenvalue weighted by Gasteiger charge is -2.03. The van der Waals surface area contributed by atoms with Crippen LogP contribution in [0.2, 0.25) is 0 Å². The van der Waals surface area contributed by atoms with Gasteiger partial charge in [-0.1, -0.05) is 72.6 Å². The third-order valence-corrected chi connectivity index (χ3v) is 4.71. The molecule has 0 saturated carbocycles. The molecule has 0 N–H and O–H groups in total. The van der Waals surface area contributed by atoms with Crippen LogP contribution < -0.4 is 0 Å². The maximum atomic E-state index is 4.10. The highest BCUT2D eigenvalue weighted by atomic mass is 32.2. The number of benzene rings is 2. The van der Waals surface area contributed by atoms with E-state index in [2.05, 4.69) is 68.1 Å². The molecule has 2 heteroatoms. The summed E-state index contributed by atoms with van der Waals surface area (Å²) < 4.78 is 0. The minimum atomic E-state index is 1.04. The van der Waals surface area contributed by atoms with Crippen LogP contribution in [-0.2, 0) is 0 Å². The van der Waals surface area contributed by atoms with Crippen molar-refractivity contribution in [2.45, 2.75) is 16.7 Å². The van der Waals surface area contributed by atoms with Crippen molar-refractivity contribution in [2.75, 3.05) is 0 Å². The van der Waals surface area contributed by atoms with Crippen LogP contribution >= 0.6 is 23.5 Å². The van der Waals surface area contributed by atoms with Crippen LogP contribution in [0.5, 0.6) is 0 Å². The Morgan fingerprint density at radius 1 is 0.810 bits per heavy atom. The van der Waals surface area contributed by atoms with E-state index in [1.54, 1.807) is 23.5 Å². The molecule has 0 aliphatic heterocycles. The Hall–Kier alpha value is -1.64. The molecule has 0 nitrogen and oxygen atoms in total. The predicted octanol–water partition coefficient (Wildman–Crippen LogP) is 6.54. The van der Waals surface area contributed by atoms with E-state index in [4.69, 9.17) is 0 Å². The first kappa shape index (κ1) is 15.7. The van der Waals surface area contributed by atoms with Crippen LogP contribution in [0.15, 0.2) is 105 Å². The molecule has 0 saturated heterocycles. The van der Waals surface area contributed by atoms with Gasteiger partial charge in [-0.3, -0.25) is 0 Å². The Morgan fingerprint density at radius 3 is 1.86 bits per heavy atom. The maximum Gasteiger partial charge on any atom is 0.0122 e. The molecule has 0 unspecified atom stereocenters. The number of hydrogen-bond donors (Lipinski definition) is 0. The second-order valence-corrected chi connectivity index (χ2v) is 6.67. The van der Waals surface area contributed by atoms with Crippen molar-refractivity contribution >= 4 is 23.5 Å². The molecule has 106 valence electrons. The monoisotopic (exact) mass is 310 g/mol. The second-order valence-electron chi connectivity index (χ2n) is 4.32. The highest BCUT2D eigenvalue weighted by Gasteiger charge is 1.97. The standard InChI is InChI=1S/C19H18S2/c1-3-17(21-19-12-8-5-9-13-19)15-14-16(2)20-18-10-6-4-7-11-18/h3-15H,2H2,1H3/b15-14-,17-3+. The zero-order valence-corrected chi connectivity index (χ0v) is 13.7. The summed E-state index contributed by atoms with van der Waals surface area (Å²) in [6.45, 7) is 6.16. The highest BCUT2D eigenvalue weighted by molar-refractivity contribution is 8.03. The fraction of sp³-hybridized carbons (Fsp3) is 0.0526. The molecule has 0 aromatic heterocycles. The largest absolute Gasteiger partial charge is 0.0907 e. The van der Waals surface area contributed by atoms with Crippen LogP contribution in [0, 0.1) is 0 Å². The van der Waals surface area contributed by atoms with Crippen molar-refractivity contribution in [3.05, 3.63) is 95.3 Å². The van der Waals surface area contributed by atoms with Crippen molar-refractivity contribution in [3.8, 4) is 0 Å². The Bertz CT molecular complexity index is 625. The first-order chi connectivity index (χ1) is 10.3. The normalized spacial score (nSPS) is 11.8. The fourth-order valence-corrected chi connectivity index (χ4v) is 3.21. The number of allylic oxidation sites excluding steroid dienone is 3. The van der Waals surface area contributed by atoms with E-state index < -0.39 is 0 Å². The first-order valence-corrected chi connectivity index (χ1v) is 8.40. The molecule has 0 atom stereocenters. The molecule has 21 heavy (non-hydrogen) atoms. The van der Waals surface area contributed by atoms with E-state index in [9.17, 15) is 0 Å². The molecular formula is C19H18S2. The lowest BCUT2D eigenvalue weighted by molar-refractivity contribution is 1.47. The van der Waals surface area contributed by atoms with Crippen molar-refractivity contribution < 1.29 is 0 Å². The molecule has 0 aliphatic rings.